The van der Waals surface area contributed by atoms with Gasteiger partial charge in [-0.15, -0.1) is 0 Å². The van der Waals surface area contributed by atoms with Crippen LogP contribution in [0.15, 0.2) is 340 Å². The van der Waals surface area contributed by atoms with E-state index in [0.29, 0.717) is 0 Å². The van der Waals surface area contributed by atoms with Gasteiger partial charge in [-0.3, -0.25) is 0 Å². The van der Waals surface area contributed by atoms with E-state index < -0.39 is 5.41 Å². The van der Waals surface area contributed by atoms with Crippen molar-refractivity contribution in [3.63, 3.8) is 0 Å². The van der Waals surface area contributed by atoms with Gasteiger partial charge < -0.3 is 9.13 Å². The Kier molecular flexibility index (Phi) is 11.8. The average molecular weight is 1110 g/mol. The first-order valence-corrected chi connectivity index (χ1v) is 30.1. The van der Waals surface area contributed by atoms with Crippen LogP contribution in [0.2, 0.25) is 0 Å². The Balaban J connectivity index is 0.705. The molecule has 2 nitrogen and oxygen atoms in total. The van der Waals surface area contributed by atoms with Crippen LogP contribution in [0.3, 0.4) is 0 Å². The number of fused-ring (bicyclic) bond motifs is 9. The van der Waals surface area contributed by atoms with E-state index in [2.05, 4.69) is 349 Å². The summed E-state index contributed by atoms with van der Waals surface area (Å²) in [5, 5.41) is 4.95. The van der Waals surface area contributed by atoms with Gasteiger partial charge in [0.15, 0.2) is 0 Å². The van der Waals surface area contributed by atoms with Crippen molar-refractivity contribution < 1.29 is 0 Å². The normalized spacial score (nSPS) is 12.5. The molecule has 14 aromatic carbocycles. The maximum atomic E-state index is 2.45. The molecule has 0 saturated heterocycles. The molecule has 0 bridgehead atoms. The van der Waals surface area contributed by atoms with E-state index in [1.54, 1.807) is 0 Å². The fourth-order valence-corrected chi connectivity index (χ4v) is 14.5. The van der Waals surface area contributed by atoms with Crippen molar-refractivity contribution in [2.45, 2.75) is 5.41 Å². The lowest BCUT2D eigenvalue weighted by Crippen LogP contribution is -2.29. The Morgan fingerprint density at radius 1 is 0.184 bits per heavy atom. The van der Waals surface area contributed by atoms with Crippen molar-refractivity contribution >= 4 is 43.6 Å². The minimum atomic E-state index is -0.597. The van der Waals surface area contributed by atoms with E-state index in [-0.39, 0.29) is 0 Å². The summed E-state index contributed by atoms with van der Waals surface area (Å²) in [4.78, 5) is 0. The van der Waals surface area contributed by atoms with Crippen molar-refractivity contribution in [2.75, 3.05) is 0 Å². The molecule has 2 heterocycles. The van der Waals surface area contributed by atoms with Crippen LogP contribution in [0.25, 0.3) is 133 Å². The lowest BCUT2D eigenvalue weighted by atomic mass is 9.65. The molecule has 0 saturated carbocycles. The molecule has 0 atom stereocenters. The summed E-state index contributed by atoms with van der Waals surface area (Å²) in [5.41, 5.74) is 28.5. The standard InChI is InChI=1S/C85H56N2/c1-3-21-57(22-4-1)63-26-20-28-68(54-63)87-82-40-18-13-35-75(82)77-56-65(48-52-84(77)87)64-47-51-83-76(55-64)74-34-12-17-39-81(74)86(83)67-49-45-59(46-50-67)58-41-43-60(44-42-58)62-25-19-27-66(53-62)85(79-37-15-10-32-72(79)73-33-11-16-38-80(73)85)78-36-14-9-31-71(78)70-30-8-7-29-69(70)61-23-5-2-6-24-61/h1-56H. The Hall–Kier alpha value is -11.3. The number of hydrogen-bond acceptors (Lipinski definition) is 0. The third-order valence-electron chi connectivity index (χ3n) is 18.4. The average Bonchev–Trinajstić information content (AvgIpc) is 1.64. The molecular weight excluding hydrogens is 1050 g/mol. The molecule has 0 aliphatic heterocycles. The molecule has 0 spiro atoms. The minimum absolute atomic E-state index is 0.597. The molecular formula is C85H56N2. The highest BCUT2D eigenvalue weighted by atomic mass is 15.0. The molecule has 406 valence electrons. The highest BCUT2D eigenvalue weighted by Gasteiger charge is 2.47. The summed E-state index contributed by atoms with van der Waals surface area (Å²) < 4.78 is 4.83. The van der Waals surface area contributed by atoms with Crippen molar-refractivity contribution in [3.05, 3.63) is 362 Å². The zero-order valence-corrected chi connectivity index (χ0v) is 47.7. The van der Waals surface area contributed by atoms with Crippen molar-refractivity contribution in [1.82, 2.24) is 9.13 Å². The van der Waals surface area contributed by atoms with Gasteiger partial charge in [-0.05, 0) is 167 Å². The number of aromatic nitrogens is 2. The van der Waals surface area contributed by atoms with E-state index in [1.807, 2.05) is 0 Å². The van der Waals surface area contributed by atoms with Crippen LogP contribution in [-0.2, 0) is 5.41 Å². The maximum Gasteiger partial charge on any atom is 0.0719 e. The van der Waals surface area contributed by atoms with Crippen LogP contribution in [0.5, 0.6) is 0 Å². The second-order valence-electron chi connectivity index (χ2n) is 23.1. The van der Waals surface area contributed by atoms with Gasteiger partial charge in [-0.25, -0.2) is 0 Å². The van der Waals surface area contributed by atoms with E-state index in [0.717, 1.165) is 11.4 Å². The summed E-state index contributed by atoms with van der Waals surface area (Å²) >= 11 is 0. The summed E-state index contributed by atoms with van der Waals surface area (Å²) in [7, 11) is 0. The molecule has 0 unspecified atom stereocenters. The van der Waals surface area contributed by atoms with Crippen molar-refractivity contribution in [2.24, 2.45) is 0 Å². The minimum Gasteiger partial charge on any atom is -0.309 e. The SMILES string of the molecule is c1ccc(-c2cccc(-n3c4ccccc4c4cc(-c5ccc6c(c5)c5ccccc5n6-c5ccc(-c6ccc(-c7cccc(C8(c9ccccc9-c9ccccc9-c9ccccc9)c9ccccc9-c9ccccc98)c7)cc6)cc5)ccc43)c2)cc1. The van der Waals surface area contributed by atoms with Crippen LogP contribution in [-0.4, -0.2) is 9.13 Å². The number of para-hydroxylation sites is 2. The first kappa shape index (κ1) is 50.2. The fraction of sp³-hybridized carbons (Fsp3) is 0.0118. The predicted octanol–water partition coefficient (Wildman–Crippen LogP) is 22.2. The molecule has 16 aromatic rings. The van der Waals surface area contributed by atoms with Gasteiger partial charge in [0.05, 0.1) is 27.5 Å². The van der Waals surface area contributed by atoms with E-state index in [9.17, 15) is 0 Å². The molecule has 87 heavy (non-hydrogen) atoms. The van der Waals surface area contributed by atoms with Crippen LogP contribution >= 0.6 is 0 Å². The third kappa shape index (κ3) is 8.10. The predicted molar refractivity (Wildman–Crippen MR) is 365 cm³/mol. The summed E-state index contributed by atoms with van der Waals surface area (Å²) in [6.45, 7) is 0. The molecule has 17 rings (SSSR count). The monoisotopic (exact) mass is 1100 g/mol. The molecule has 2 aromatic heterocycles. The lowest BCUT2D eigenvalue weighted by molar-refractivity contribution is 0.771. The Morgan fingerprint density at radius 3 is 1.10 bits per heavy atom. The molecule has 2 heteroatoms. The zero-order valence-electron chi connectivity index (χ0n) is 47.7. The van der Waals surface area contributed by atoms with Crippen LogP contribution in [0.1, 0.15) is 22.3 Å². The molecule has 0 N–H and O–H groups in total. The molecule has 1 aliphatic carbocycles. The van der Waals surface area contributed by atoms with Crippen LogP contribution in [0.4, 0.5) is 0 Å². The summed E-state index contributed by atoms with van der Waals surface area (Å²) in [6.07, 6.45) is 0. The van der Waals surface area contributed by atoms with Gasteiger partial charge in [-0.1, -0.05) is 273 Å². The molecule has 0 radical (unpaired) electrons. The second-order valence-corrected chi connectivity index (χ2v) is 23.1. The van der Waals surface area contributed by atoms with Gasteiger partial charge in [0, 0.05) is 32.9 Å². The Morgan fingerprint density at radius 2 is 0.540 bits per heavy atom. The van der Waals surface area contributed by atoms with E-state index in [4.69, 9.17) is 0 Å². The highest BCUT2D eigenvalue weighted by molar-refractivity contribution is 6.13. The van der Waals surface area contributed by atoms with Gasteiger partial charge in [0.2, 0.25) is 0 Å². The van der Waals surface area contributed by atoms with Crippen LogP contribution < -0.4 is 0 Å². The molecule has 0 fully saturated rings. The lowest BCUT2D eigenvalue weighted by Gasteiger charge is -2.36. The van der Waals surface area contributed by atoms with Gasteiger partial charge in [0.25, 0.3) is 0 Å². The van der Waals surface area contributed by atoms with Gasteiger partial charge in [-0.2, -0.15) is 0 Å². The molecule has 0 amide bonds. The highest BCUT2D eigenvalue weighted by Crippen LogP contribution is 2.58. The number of nitrogens with zero attached hydrogens (tertiary/aromatic N) is 2. The number of hydrogen-bond donors (Lipinski definition) is 0. The Labute approximate surface area is 506 Å². The fourth-order valence-electron chi connectivity index (χ4n) is 14.5. The topological polar surface area (TPSA) is 9.86 Å². The maximum absolute atomic E-state index is 2.45. The summed E-state index contributed by atoms with van der Waals surface area (Å²) in [6, 6.07) is 126. The number of benzene rings is 14. The van der Waals surface area contributed by atoms with Crippen LogP contribution in [0, 0.1) is 0 Å². The van der Waals surface area contributed by atoms with Crippen molar-refractivity contribution in [3.8, 4) is 89.3 Å². The first-order valence-electron chi connectivity index (χ1n) is 30.1. The first-order chi connectivity index (χ1) is 43.2. The zero-order chi connectivity index (χ0) is 57.4. The van der Waals surface area contributed by atoms with Crippen molar-refractivity contribution in [1.29, 1.82) is 0 Å². The smallest absolute Gasteiger partial charge is 0.0719 e. The van der Waals surface area contributed by atoms with Gasteiger partial charge >= 0.3 is 0 Å². The molecule has 1 aliphatic rings. The second kappa shape index (κ2) is 20.5. The Bertz CT molecular complexity index is 5270. The summed E-state index contributed by atoms with van der Waals surface area (Å²) in [5.74, 6) is 0. The third-order valence-corrected chi connectivity index (χ3v) is 18.4. The quantitative estimate of drug-likeness (QED) is 0.129. The number of rotatable bonds is 10. The van der Waals surface area contributed by atoms with Gasteiger partial charge in [0.1, 0.15) is 0 Å². The largest absolute Gasteiger partial charge is 0.309 e. The van der Waals surface area contributed by atoms with E-state index >= 15 is 0 Å². The van der Waals surface area contributed by atoms with E-state index in [1.165, 1.54) is 144 Å².